The molecule has 3 aromatic heterocycles. The molecule has 0 bridgehead atoms. The lowest BCUT2D eigenvalue weighted by atomic mass is 10.1. The van der Waals surface area contributed by atoms with Crippen LogP contribution >= 0.6 is 15.9 Å². The number of hydrogen-bond acceptors (Lipinski definition) is 3. The maximum absolute atomic E-state index is 6.24. The number of rotatable bonds is 1. The highest BCUT2D eigenvalue weighted by atomic mass is 79.9. The van der Waals surface area contributed by atoms with E-state index >= 15 is 0 Å². The molecule has 5 heteroatoms. The highest BCUT2D eigenvalue weighted by molar-refractivity contribution is 9.10. The fraction of sp³-hybridized carbons (Fsp3) is 0. The Labute approximate surface area is 162 Å². The summed E-state index contributed by atoms with van der Waals surface area (Å²) >= 11 is 3.60. The molecule has 3 aromatic carbocycles. The number of nitrogens with zero attached hydrogens (tertiary/aromatic N) is 3. The van der Waals surface area contributed by atoms with Gasteiger partial charge in [-0.2, -0.15) is 0 Å². The lowest BCUT2D eigenvalue weighted by Crippen LogP contribution is -2.00. The van der Waals surface area contributed by atoms with Crippen LogP contribution < -0.4 is 0 Å². The first-order chi connectivity index (χ1) is 13.3. The van der Waals surface area contributed by atoms with Crippen molar-refractivity contribution in [2.24, 2.45) is 0 Å². The summed E-state index contributed by atoms with van der Waals surface area (Å²) in [6.07, 6.45) is 1.86. The van der Waals surface area contributed by atoms with Crippen LogP contribution in [0.4, 0.5) is 0 Å². The van der Waals surface area contributed by atoms with Crippen molar-refractivity contribution in [1.29, 1.82) is 0 Å². The number of fused-ring (bicyclic) bond motifs is 6. The van der Waals surface area contributed by atoms with Gasteiger partial charge in [-0.15, -0.1) is 0 Å². The highest BCUT2D eigenvalue weighted by Crippen LogP contribution is 2.39. The Morgan fingerprint density at radius 2 is 1.74 bits per heavy atom. The van der Waals surface area contributed by atoms with Crippen LogP contribution in [0.25, 0.3) is 49.8 Å². The van der Waals surface area contributed by atoms with E-state index in [0.29, 0.717) is 5.95 Å². The second kappa shape index (κ2) is 5.41. The minimum absolute atomic E-state index is 0.607. The summed E-state index contributed by atoms with van der Waals surface area (Å²) in [6, 6.07) is 22.3. The molecule has 6 aromatic rings. The van der Waals surface area contributed by atoms with Crippen LogP contribution in [0.1, 0.15) is 0 Å². The molecule has 6 rings (SSSR count). The normalized spacial score (nSPS) is 11.9. The zero-order valence-electron chi connectivity index (χ0n) is 14.1. The predicted octanol–water partition coefficient (Wildman–Crippen LogP) is 6.24. The van der Waals surface area contributed by atoms with E-state index in [1.807, 2.05) is 59.3 Å². The van der Waals surface area contributed by atoms with Crippen LogP contribution in [0.2, 0.25) is 0 Å². The fourth-order valence-corrected chi connectivity index (χ4v) is 4.09. The Morgan fingerprint density at radius 3 is 2.70 bits per heavy atom. The number of aromatic nitrogens is 3. The predicted molar refractivity (Wildman–Crippen MR) is 111 cm³/mol. The lowest BCUT2D eigenvalue weighted by molar-refractivity contribution is 0.642. The van der Waals surface area contributed by atoms with Crippen molar-refractivity contribution in [2.45, 2.75) is 0 Å². The van der Waals surface area contributed by atoms with Crippen LogP contribution in [0.5, 0.6) is 0 Å². The Kier molecular flexibility index (Phi) is 2.99. The van der Waals surface area contributed by atoms with Crippen molar-refractivity contribution in [3.8, 4) is 5.95 Å². The minimum atomic E-state index is 0.607. The maximum atomic E-state index is 6.24. The summed E-state index contributed by atoms with van der Waals surface area (Å²) in [5, 5.41) is 4.30. The largest absolute Gasteiger partial charge is 0.439 e. The van der Waals surface area contributed by atoms with E-state index in [-0.39, 0.29) is 0 Å². The third-order valence-electron chi connectivity index (χ3n) is 4.93. The van der Waals surface area contributed by atoms with E-state index in [9.17, 15) is 0 Å². The van der Waals surface area contributed by atoms with Crippen molar-refractivity contribution in [3.63, 3.8) is 0 Å². The van der Waals surface area contributed by atoms with Crippen molar-refractivity contribution in [1.82, 2.24) is 14.5 Å². The van der Waals surface area contributed by atoms with Gasteiger partial charge in [-0.05, 0) is 30.3 Å². The minimum Gasteiger partial charge on any atom is -0.439 e. The van der Waals surface area contributed by atoms with Gasteiger partial charge < -0.3 is 4.42 Å². The van der Waals surface area contributed by atoms with Crippen LogP contribution in [-0.4, -0.2) is 14.5 Å². The Hall–Kier alpha value is -3.18. The van der Waals surface area contributed by atoms with E-state index < -0.39 is 0 Å². The molecule has 0 aliphatic rings. The molecule has 0 aliphatic heterocycles. The Morgan fingerprint density at radius 1 is 0.889 bits per heavy atom. The summed E-state index contributed by atoms with van der Waals surface area (Å²) < 4.78 is 9.27. The van der Waals surface area contributed by atoms with Gasteiger partial charge in [0.05, 0.1) is 16.4 Å². The van der Waals surface area contributed by atoms with Crippen molar-refractivity contribution >= 4 is 59.8 Å². The van der Waals surface area contributed by atoms with E-state index in [2.05, 4.69) is 39.1 Å². The van der Waals surface area contributed by atoms with E-state index in [0.717, 1.165) is 48.3 Å². The molecule has 27 heavy (non-hydrogen) atoms. The molecule has 3 heterocycles. The summed E-state index contributed by atoms with van der Waals surface area (Å²) in [6.45, 7) is 0. The Bertz CT molecular complexity index is 1500. The van der Waals surface area contributed by atoms with Gasteiger partial charge >= 0.3 is 0 Å². The number of para-hydroxylation sites is 2. The standard InChI is InChI=1S/C22H12BrN3O/c23-14-9-10-18-16(11-14)20-15-6-2-4-8-19(15)27-21(20)26(18)22-24-12-13-5-1-3-7-17(13)25-22/h1-12H. The first-order valence-electron chi connectivity index (χ1n) is 8.63. The van der Waals surface area contributed by atoms with Crippen molar-refractivity contribution in [2.75, 3.05) is 0 Å². The lowest BCUT2D eigenvalue weighted by Gasteiger charge is -2.05. The molecule has 0 saturated carbocycles. The van der Waals surface area contributed by atoms with E-state index in [4.69, 9.17) is 9.40 Å². The molecule has 0 fully saturated rings. The highest BCUT2D eigenvalue weighted by Gasteiger charge is 2.20. The van der Waals surface area contributed by atoms with Gasteiger partial charge in [0.25, 0.3) is 0 Å². The van der Waals surface area contributed by atoms with Gasteiger partial charge in [-0.25, -0.2) is 14.5 Å². The van der Waals surface area contributed by atoms with Crippen LogP contribution in [-0.2, 0) is 0 Å². The molecule has 4 nitrogen and oxygen atoms in total. The summed E-state index contributed by atoms with van der Waals surface area (Å²) in [4.78, 5) is 9.41. The van der Waals surface area contributed by atoms with Crippen LogP contribution in [0, 0.1) is 0 Å². The van der Waals surface area contributed by atoms with Gasteiger partial charge in [0.2, 0.25) is 11.7 Å². The number of benzene rings is 3. The first kappa shape index (κ1) is 14.9. The Balaban J connectivity index is 1.81. The smallest absolute Gasteiger partial charge is 0.237 e. The zero-order chi connectivity index (χ0) is 18.0. The quantitative estimate of drug-likeness (QED) is 0.320. The van der Waals surface area contributed by atoms with Gasteiger partial charge in [0.15, 0.2) is 0 Å². The monoisotopic (exact) mass is 413 g/mol. The van der Waals surface area contributed by atoms with Crippen molar-refractivity contribution in [3.05, 3.63) is 77.4 Å². The molecule has 128 valence electrons. The average Bonchev–Trinajstić information content (AvgIpc) is 3.22. The number of halogens is 1. The molecule has 0 N–H and O–H groups in total. The second-order valence-corrected chi connectivity index (χ2v) is 7.42. The SMILES string of the molecule is Brc1ccc2c(c1)c1c3ccccc3oc1n2-c1ncc2ccccc2n1. The average molecular weight is 414 g/mol. The molecule has 0 aliphatic carbocycles. The van der Waals surface area contributed by atoms with E-state index in [1.54, 1.807) is 0 Å². The van der Waals surface area contributed by atoms with Gasteiger partial charge in [-0.3, -0.25) is 0 Å². The third-order valence-corrected chi connectivity index (χ3v) is 5.42. The van der Waals surface area contributed by atoms with Gasteiger partial charge in [0, 0.05) is 26.8 Å². The fourth-order valence-electron chi connectivity index (χ4n) is 3.73. The molecule has 0 atom stereocenters. The topological polar surface area (TPSA) is 43.9 Å². The van der Waals surface area contributed by atoms with Crippen LogP contribution in [0.15, 0.2) is 81.8 Å². The molecule has 0 amide bonds. The van der Waals surface area contributed by atoms with Gasteiger partial charge in [-0.1, -0.05) is 52.3 Å². The summed E-state index contributed by atoms with van der Waals surface area (Å²) in [7, 11) is 0. The summed E-state index contributed by atoms with van der Waals surface area (Å²) in [5.41, 5.74) is 3.55. The first-order valence-corrected chi connectivity index (χ1v) is 9.42. The molecule has 0 saturated heterocycles. The van der Waals surface area contributed by atoms with Gasteiger partial charge in [0.1, 0.15) is 5.58 Å². The maximum Gasteiger partial charge on any atom is 0.237 e. The van der Waals surface area contributed by atoms with Crippen molar-refractivity contribution < 1.29 is 4.42 Å². The molecule has 0 spiro atoms. The van der Waals surface area contributed by atoms with Crippen LogP contribution in [0.3, 0.4) is 0 Å². The zero-order valence-corrected chi connectivity index (χ0v) is 15.6. The number of furan rings is 1. The third kappa shape index (κ3) is 2.09. The molecule has 0 radical (unpaired) electrons. The second-order valence-electron chi connectivity index (χ2n) is 6.50. The van der Waals surface area contributed by atoms with E-state index in [1.165, 1.54) is 0 Å². The molecular formula is C22H12BrN3O. The molecule has 0 unspecified atom stereocenters. The molecular weight excluding hydrogens is 402 g/mol. The summed E-state index contributed by atoms with van der Waals surface area (Å²) in [5.74, 6) is 0.607. The number of hydrogen-bond donors (Lipinski definition) is 0.